The maximum atomic E-state index is 15.3. The summed E-state index contributed by atoms with van der Waals surface area (Å²) in [6.07, 6.45) is -3.01. The number of aliphatic hydroxyl groups is 1. The maximum absolute atomic E-state index is 15.3. The van der Waals surface area contributed by atoms with Crippen LogP contribution in [0.25, 0.3) is 10.9 Å². The van der Waals surface area contributed by atoms with E-state index >= 15 is 4.39 Å². The van der Waals surface area contributed by atoms with Crippen molar-refractivity contribution in [2.75, 3.05) is 12.4 Å². The maximum Gasteiger partial charge on any atom is 0.433 e. The van der Waals surface area contributed by atoms with Crippen molar-refractivity contribution < 1.29 is 35.9 Å². The van der Waals surface area contributed by atoms with E-state index in [4.69, 9.17) is 0 Å². The second-order valence-electron chi connectivity index (χ2n) is 10.1. The third-order valence-corrected chi connectivity index (χ3v) is 8.93. The molecule has 5 rings (SSSR count). The first kappa shape index (κ1) is 28.8. The van der Waals surface area contributed by atoms with Crippen LogP contribution in [-0.4, -0.2) is 46.1 Å². The number of amides is 1. The second kappa shape index (κ2) is 10.6. The molecule has 1 atom stereocenters. The van der Waals surface area contributed by atoms with E-state index in [-0.39, 0.29) is 34.5 Å². The molecule has 4 aromatic rings. The molecule has 1 aliphatic carbocycles. The Morgan fingerprint density at radius 1 is 1.15 bits per heavy atom. The zero-order chi connectivity index (χ0) is 29.7. The molecule has 0 radical (unpaired) electrons. The Bertz CT molecular complexity index is 1720. The lowest BCUT2D eigenvalue weighted by Gasteiger charge is -2.18. The minimum atomic E-state index is -4.59. The van der Waals surface area contributed by atoms with Gasteiger partial charge in [-0.25, -0.2) is 12.8 Å². The molecule has 2 aromatic carbocycles. The first-order chi connectivity index (χ1) is 19.3. The van der Waals surface area contributed by atoms with Crippen molar-refractivity contribution in [1.82, 2.24) is 19.7 Å². The zero-order valence-electron chi connectivity index (χ0n) is 22.2. The number of halogens is 4. The van der Waals surface area contributed by atoms with Gasteiger partial charge in [-0.1, -0.05) is 19.1 Å². The Morgan fingerprint density at radius 3 is 2.41 bits per heavy atom. The highest BCUT2D eigenvalue weighted by atomic mass is 32.2. The fourth-order valence-corrected chi connectivity index (χ4v) is 5.84. The summed E-state index contributed by atoms with van der Waals surface area (Å²) < 4.78 is 82.9. The molecule has 1 amide bonds. The molecule has 2 heterocycles. The normalized spacial score (nSPS) is 14.9. The lowest BCUT2D eigenvalue weighted by atomic mass is 10.1. The number of nitrogens with zero attached hydrogens (tertiary/aromatic N) is 3. The molecule has 2 aromatic heterocycles. The summed E-state index contributed by atoms with van der Waals surface area (Å²) in [5.74, 6) is -1.71. The summed E-state index contributed by atoms with van der Waals surface area (Å²) >= 11 is 0. The van der Waals surface area contributed by atoms with Crippen LogP contribution in [0.2, 0.25) is 0 Å². The van der Waals surface area contributed by atoms with Gasteiger partial charge in [-0.05, 0) is 61.7 Å². The summed E-state index contributed by atoms with van der Waals surface area (Å²) in [6.45, 7) is 2.28. The van der Waals surface area contributed by atoms with E-state index in [1.54, 1.807) is 10.6 Å². The van der Waals surface area contributed by atoms with Crippen molar-refractivity contribution >= 4 is 26.6 Å². The number of sulfone groups is 1. The van der Waals surface area contributed by atoms with E-state index in [0.717, 1.165) is 23.6 Å². The van der Waals surface area contributed by atoms with E-state index in [1.807, 2.05) is 0 Å². The number of rotatable bonds is 9. The Morgan fingerprint density at radius 2 is 1.83 bits per heavy atom. The van der Waals surface area contributed by atoms with Crippen molar-refractivity contribution in [2.24, 2.45) is 0 Å². The minimum Gasteiger partial charge on any atom is -0.394 e. The molecule has 218 valence electrons. The van der Waals surface area contributed by atoms with Gasteiger partial charge in [0.05, 0.1) is 46.6 Å². The van der Waals surface area contributed by atoms with Crippen LogP contribution in [0.4, 0.5) is 17.6 Å². The highest BCUT2D eigenvalue weighted by Gasteiger charge is 2.36. The summed E-state index contributed by atoms with van der Waals surface area (Å²) in [7, 11) is -3.43. The number of alkyl halides is 3. The number of aromatic nitrogens is 3. The van der Waals surface area contributed by atoms with Crippen LogP contribution in [0.5, 0.6) is 0 Å². The van der Waals surface area contributed by atoms with Crippen molar-refractivity contribution in [2.45, 2.75) is 56.4 Å². The average molecular weight is 593 g/mol. The van der Waals surface area contributed by atoms with Crippen LogP contribution in [0.15, 0.2) is 53.4 Å². The van der Waals surface area contributed by atoms with Gasteiger partial charge < -0.3 is 15.0 Å². The summed E-state index contributed by atoms with van der Waals surface area (Å²) in [6, 6.07) is 9.91. The smallest absolute Gasteiger partial charge is 0.394 e. The fourth-order valence-electron chi connectivity index (χ4n) is 4.96. The van der Waals surface area contributed by atoms with E-state index in [0.29, 0.717) is 22.2 Å². The monoisotopic (exact) mass is 592 g/mol. The molecule has 41 heavy (non-hydrogen) atoms. The SMILES string of the molecule is CCS(=O)(=O)c1ccc([C@H](CO)NC(=O)c2cc3cc(Cn4nc(C)cc4C(F)(F)F)n(C4CC4)c3cc2F)cc1. The van der Waals surface area contributed by atoms with E-state index in [9.17, 15) is 31.5 Å². The molecule has 0 spiro atoms. The second-order valence-corrected chi connectivity index (χ2v) is 12.4. The molecule has 2 N–H and O–H groups in total. The van der Waals surface area contributed by atoms with Gasteiger partial charge in [0.25, 0.3) is 5.91 Å². The van der Waals surface area contributed by atoms with Gasteiger partial charge in [0, 0.05) is 17.1 Å². The number of hydrogen-bond acceptors (Lipinski definition) is 5. The number of aliphatic hydroxyl groups excluding tert-OH is 1. The first-order valence-electron chi connectivity index (χ1n) is 13.0. The van der Waals surface area contributed by atoms with Gasteiger partial charge in [-0.3, -0.25) is 9.48 Å². The van der Waals surface area contributed by atoms with Gasteiger partial charge >= 0.3 is 6.18 Å². The van der Waals surface area contributed by atoms with E-state index in [1.165, 1.54) is 50.2 Å². The van der Waals surface area contributed by atoms with Crippen LogP contribution < -0.4 is 5.32 Å². The topological polar surface area (TPSA) is 106 Å². The number of aryl methyl sites for hydroxylation is 1. The Labute approximate surface area is 233 Å². The zero-order valence-corrected chi connectivity index (χ0v) is 23.1. The summed E-state index contributed by atoms with van der Waals surface area (Å²) in [4.78, 5) is 13.2. The Balaban J connectivity index is 1.45. The number of benzene rings is 2. The molecule has 0 unspecified atom stereocenters. The molecule has 1 aliphatic rings. The van der Waals surface area contributed by atoms with Crippen LogP contribution in [0.3, 0.4) is 0 Å². The molecule has 1 saturated carbocycles. The summed E-state index contributed by atoms with van der Waals surface area (Å²) in [5.41, 5.74) is 0.422. The first-order valence-corrected chi connectivity index (χ1v) is 14.7. The average Bonchev–Trinajstić information content (AvgIpc) is 3.59. The molecular weight excluding hydrogens is 564 g/mol. The standard InChI is InChI=1S/C28H28F4N4O4S/c1-3-41(39,40)21-8-4-17(5-9-21)24(15-37)33-27(38)22-12-18-11-20(36(19-6-7-19)25(18)13-23(22)29)14-35-26(28(30,31)32)10-16(2)34-35/h4-5,8-13,19,24,37H,3,6-7,14-15H2,1-2H3,(H,33,38)/t24-/m0/s1. The molecule has 0 bridgehead atoms. The van der Waals surface area contributed by atoms with Crippen molar-refractivity contribution in [1.29, 1.82) is 0 Å². The predicted molar refractivity (Wildman–Crippen MR) is 143 cm³/mol. The van der Waals surface area contributed by atoms with Crippen LogP contribution in [-0.2, 0) is 22.6 Å². The predicted octanol–water partition coefficient (Wildman–Crippen LogP) is 4.94. The third-order valence-electron chi connectivity index (χ3n) is 7.18. The van der Waals surface area contributed by atoms with Crippen molar-refractivity contribution in [3.05, 3.63) is 82.6 Å². The van der Waals surface area contributed by atoms with Crippen LogP contribution in [0.1, 0.15) is 64.9 Å². The number of carbonyl (C=O) groups excluding carboxylic acids is 1. The highest BCUT2D eigenvalue weighted by Crippen LogP contribution is 2.41. The Hall–Kier alpha value is -3.71. The van der Waals surface area contributed by atoms with Crippen LogP contribution >= 0.6 is 0 Å². The molecule has 0 saturated heterocycles. The third kappa shape index (κ3) is 5.73. The number of nitrogens with one attached hydrogen (secondary N) is 1. The van der Waals surface area contributed by atoms with Crippen LogP contribution in [0, 0.1) is 12.7 Å². The number of hydrogen-bond donors (Lipinski definition) is 2. The fraction of sp³-hybridized carbons (Fsp3) is 0.357. The quantitative estimate of drug-likeness (QED) is 0.268. The minimum absolute atomic E-state index is 0.00540. The van der Waals surface area contributed by atoms with Gasteiger partial charge in [0.1, 0.15) is 11.5 Å². The van der Waals surface area contributed by atoms with Crippen molar-refractivity contribution in [3.8, 4) is 0 Å². The molecule has 0 aliphatic heterocycles. The molecule has 1 fully saturated rings. The molecular formula is C28H28F4N4O4S. The summed E-state index contributed by atoms with van der Waals surface area (Å²) in [5, 5.41) is 17.0. The number of fused-ring (bicyclic) bond motifs is 1. The van der Waals surface area contributed by atoms with Gasteiger partial charge in [0.15, 0.2) is 9.84 Å². The van der Waals surface area contributed by atoms with Crippen molar-refractivity contribution in [3.63, 3.8) is 0 Å². The largest absolute Gasteiger partial charge is 0.433 e. The molecule has 8 nitrogen and oxygen atoms in total. The highest BCUT2D eigenvalue weighted by molar-refractivity contribution is 7.91. The van der Waals surface area contributed by atoms with E-state index in [2.05, 4.69) is 10.4 Å². The Kier molecular flexibility index (Phi) is 7.45. The van der Waals surface area contributed by atoms with Gasteiger partial charge in [0.2, 0.25) is 0 Å². The van der Waals surface area contributed by atoms with E-state index < -0.39 is 46.1 Å². The lowest BCUT2D eigenvalue weighted by molar-refractivity contribution is -0.144. The van der Waals surface area contributed by atoms with Gasteiger partial charge in [-0.2, -0.15) is 18.3 Å². The molecule has 13 heteroatoms. The number of carbonyl (C=O) groups is 1. The lowest BCUT2D eigenvalue weighted by Crippen LogP contribution is -2.31. The van der Waals surface area contributed by atoms with Gasteiger partial charge in [-0.15, -0.1) is 0 Å².